The number of halogens is 1. The van der Waals surface area contributed by atoms with Crippen molar-refractivity contribution < 1.29 is 4.92 Å². The van der Waals surface area contributed by atoms with Gasteiger partial charge < -0.3 is 4.90 Å². The molecule has 134 valence electrons. The molecule has 0 radical (unpaired) electrons. The first-order valence-electron chi connectivity index (χ1n) is 8.43. The van der Waals surface area contributed by atoms with E-state index >= 15 is 0 Å². The average Bonchev–Trinajstić information content (AvgIpc) is 3.04. The zero-order chi connectivity index (χ0) is 18.1. The van der Waals surface area contributed by atoms with Crippen molar-refractivity contribution in [1.82, 2.24) is 14.7 Å². The van der Waals surface area contributed by atoms with E-state index in [2.05, 4.69) is 21.0 Å². The number of rotatable bonds is 4. The number of aromatic nitrogens is 2. The summed E-state index contributed by atoms with van der Waals surface area (Å²) in [5, 5.41) is 17.1. The zero-order valence-electron chi connectivity index (χ0n) is 14.1. The van der Waals surface area contributed by atoms with Crippen molar-refractivity contribution >= 4 is 33.9 Å². The van der Waals surface area contributed by atoms with Crippen LogP contribution in [0.5, 0.6) is 0 Å². The number of hydrogen-bond acceptors (Lipinski definition) is 5. The number of non-ortho nitro benzene ring substituents is 1. The third-order valence-electron chi connectivity index (χ3n) is 4.72. The first-order valence-corrected chi connectivity index (χ1v) is 8.81. The minimum Gasteiger partial charge on any atom is -0.369 e. The van der Waals surface area contributed by atoms with Crippen LogP contribution in [0.1, 0.15) is 0 Å². The molecule has 1 aliphatic heterocycles. The van der Waals surface area contributed by atoms with E-state index in [-0.39, 0.29) is 10.6 Å². The normalized spacial score (nSPS) is 15.5. The molecule has 0 N–H and O–H groups in total. The highest BCUT2D eigenvalue weighted by Gasteiger charge is 2.19. The summed E-state index contributed by atoms with van der Waals surface area (Å²) < 4.78 is 1.83. The average molecular weight is 372 g/mol. The Hall–Kier alpha value is -2.64. The maximum Gasteiger partial charge on any atom is 0.271 e. The molecule has 0 aliphatic carbocycles. The number of benzene rings is 2. The van der Waals surface area contributed by atoms with E-state index in [1.54, 1.807) is 18.3 Å². The lowest BCUT2D eigenvalue weighted by Crippen LogP contribution is -2.46. The fourth-order valence-corrected chi connectivity index (χ4v) is 3.48. The van der Waals surface area contributed by atoms with Crippen LogP contribution in [0.2, 0.25) is 5.02 Å². The molecule has 0 saturated carbocycles. The highest BCUT2D eigenvalue weighted by molar-refractivity contribution is 6.30. The number of fused-ring (bicyclic) bond motifs is 1. The van der Waals surface area contributed by atoms with E-state index in [9.17, 15) is 10.1 Å². The number of piperazine rings is 1. The fraction of sp³-hybridized carbons (Fsp3) is 0.278. The molecule has 0 atom stereocenters. The summed E-state index contributed by atoms with van der Waals surface area (Å²) in [6, 6.07) is 12.7. The molecule has 1 aliphatic rings. The van der Waals surface area contributed by atoms with Crippen molar-refractivity contribution in [2.24, 2.45) is 0 Å². The molecule has 1 fully saturated rings. The van der Waals surface area contributed by atoms with Gasteiger partial charge in [-0.05, 0) is 24.3 Å². The molecule has 0 bridgehead atoms. The number of nitro groups is 1. The Balaban J connectivity index is 1.45. The summed E-state index contributed by atoms with van der Waals surface area (Å²) >= 11 is 6.08. The van der Waals surface area contributed by atoms with Crippen LogP contribution in [0.3, 0.4) is 0 Å². The molecule has 2 aromatic carbocycles. The quantitative estimate of drug-likeness (QED) is 0.519. The summed E-state index contributed by atoms with van der Waals surface area (Å²) in [7, 11) is 0. The van der Waals surface area contributed by atoms with Crippen LogP contribution in [0.25, 0.3) is 10.9 Å². The van der Waals surface area contributed by atoms with Gasteiger partial charge in [0.25, 0.3) is 5.69 Å². The van der Waals surface area contributed by atoms with E-state index in [0.29, 0.717) is 6.67 Å². The molecule has 4 rings (SSSR count). The van der Waals surface area contributed by atoms with E-state index < -0.39 is 0 Å². The summed E-state index contributed by atoms with van der Waals surface area (Å²) in [5.74, 6) is 0. The van der Waals surface area contributed by atoms with Crippen LogP contribution in [-0.2, 0) is 6.67 Å². The maximum atomic E-state index is 11.0. The Labute approximate surface area is 155 Å². The maximum absolute atomic E-state index is 11.0. The van der Waals surface area contributed by atoms with Gasteiger partial charge in [-0.2, -0.15) is 5.10 Å². The molecule has 1 saturated heterocycles. The topological polar surface area (TPSA) is 67.4 Å². The molecular formula is C18H18ClN5O2. The van der Waals surface area contributed by atoms with Crippen molar-refractivity contribution in [3.05, 3.63) is 63.8 Å². The standard InChI is InChI=1S/C18H18ClN5O2/c19-15-2-1-3-16(10-15)22-8-6-21(7-9-22)13-23-18-11-17(24(25)26)5-4-14(18)12-20-23/h1-5,10-12H,6-9,13H2. The highest BCUT2D eigenvalue weighted by atomic mass is 35.5. The lowest BCUT2D eigenvalue weighted by atomic mass is 10.2. The van der Waals surface area contributed by atoms with Crippen LogP contribution in [-0.4, -0.2) is 45.8 Å². The van der Waals surface area contributed by atoms with Gasteiger partial charge in [-0.25, -0.2) is 0 Å². The van der Waals surface area contributed by atoms with Crippen molar-refractivity contribution in [3.63, 3.8) is 0 Å². The van der Waals surface area contributed by atoms with Crippen molar-refractivity contribution in [2.45, 2.75) is 6.67 Å². The molecule has 1 aromatic heterocycles. The number of nitro benzene ring substituents is 1. The summed E-state index contributed by atoms with van der Waals surface area (Å²) in [5.41, 5.74) is 2.01. The van der Waals surface area contributed by atoms with Gasteiger partial charge >= 0.3 is 0 Å². The van der Waals surface area contributed by atoms with E-state index in [0.717, 1.165) is 47.8 Å². The highest BCUT2D eigenvalue weighted by Crippen LogP contribution is 2.23. The third kappa shape index (κ3) is 3.36. The Morgan fingerprint density at radius 3 is 2.65 bits per heavy atom. The summed E-state index contributed by atoms with van der Waals surface area (Å²) in [6.45, 7) is 4.21. The van der Waals surface area contributed by atoms with Gasteiger partial charge in [-0.3, -0.25) is 19.7 Å². The molecule has 7 nitrogen and oxygen atoms in total. The van der Waals surface area contributed by atoms with E-state index in [1.807, 2.05) is 22.9 Å². The Bertz CT molecular complexity index is 950. The number of anilines is 1. The molecule has 8 heteroatoms. The first-order chi connectivity index (χ1) is 12.6. The SMILES string of the molecule is O=[N+]([O-])c1ccc2cnn(CN3CCN(c4cccc(Cl)c4)CC3)c2c1. The van der Waals surface area contributed by atoms with E-state index in [4.69, 9.17) is 11.6 Å². The van der Waals surface area contributed by atoms with Crippen LogP contribution in [0.15, 0.2) is 48.7 Å². The zero-order valence-corrected chi connectivity index (χ0v) is 14.8. The Morgan fingerprint density at radius 2 is 1.92 bits per heavy atom. The molecular weight excluding hydrogens is 354 g/mol. The second-order valence-corrected chi connectivity index (χ2v) is 6.81. The molecule has 3 aromatic rings. The summed E-state index contributed by atoms with van der Waals surface area (Å²) in [6.07, 6.45) is 1.75. The molecule has 0 spiro atoms. The predicted octanol–water partition coefficient (Wildman–Crippen LogP) is 3.38. The van der Waals surface area contributed by atoms with Gasteiger partial charge in [0, 0.05) is 54.4 Å². The van der Waals surface area contributed by atoms with Crippen LogP contribution in [0, 0.1) is 10.1 Å². The minimum atomic E-state index is -0.374. The van der Waals surface area contributed by atoms with Crippen molar-refractivity contribution in [2.75, 3.05) is 31.1 Å². The Kier molecular flexibility index (Phi) is 4.48. The van der Waals surface area contributed by atoms with Crippen LogP contribution < -0.4 is 4.90 Å². The van der Waals surface area contributed by atoms with Gasteiger partial charge in [0.1, 0.15) is 0 Å². The summed E-state index contributed by atoms with van der Waals surface area (Å²) in [4.78, 5) is 15.3. The van der Waals surface area contributed by atoms with Crippen molar-refractivity contribution in [1.29, 1.82) is 0 Å². The smallest absolute Gasteiger partial charge is 0.271 e. The monoisotopic (exact) mass is 371 g/mol. The van der Waals surface area contributed by atoms with Crippen LogP contribution in [0.4, 0.5) is 11.4 Å². The lowest BCUT2D eigenvalue weighted by Gasteiger charge is -2.36. The molecule has 26 heavy (non-hydrogen) atoms. The van der Waals surface area contributed by atoms with Gasteiger partial charge in [0.05, 0.1) is 23.3 Å². The minimum absolute atomic E-state index is 0.0880. The molecule has 2 heterocycles. The van der Waals surface area contributed by atoms with Gasteiger partial charge in [0.15, 0.2) is 0 Å². The second kappa shape index (κ2) is 6.93. The van der Waals surface area contributed by atoms with Crippen molar-refractivity contribution in [3.8, 4) is 0 Å². The van der Waals surface area contributed by atoms with Gasteiger partial charge in [0.2, 0.25) is 0 Å². The fourth-order valence-electron chi connectivity index (χ4n) is 3.29. The molecule has 0 unspecified atom stereocenters. The number of nitrogens with zero attached hydrogens (tertiary/aromatic N) is 5. The third-order valence-corrected chi connectivity index (χ3v) is 4.95. The molecule has 0 amide bonds. The largest absolute Gasteiger partial charge is 0.369 e. The lowest BCUT2D eigenvalue weighted by molar-refractivity contribution is -0.384. The van der Waals surface area contributed by atoms with Gasteiger partial charge in [-0.15, -0.1) is 0 Å². The first kappa shape index (κ1) is 16.8. The Morgan fingerprint density at radius 1 is 1.12 bits per heavy atom. The predicted molar refractivity (Wildman–Crippen MR) is 102 cm³/mol. The number of hydrogen-bond donors (Lipinski definition) is 0. The van der Waals surface area contributed by atoms with Gasteiger partial charge in [-0.1, -0.05) is 17.7 Å². The van der Waals surface area contributed by atoms with Crippen LogP contribution >= 0.6 is 11.6 Å². The van der Waals surface area contributed by atoms with E-state index in [1.165, 1.54) is 6.07 Å². The second-order valence-electron chi connectivity index (χ2n) is 6.37.